The van der Waals surface area contributed by atoms with Crippen LogP contribution in [-0.4, -0.2) is 4.98 Å². The minimum absolute atomic E-state index is 0.0879. The Morgan fingerprint density at radius 2 is 2.18 bits per heavy atom. The van der Waals surface area contributed by atoms with Gasteiger partial charge in [-0.1, -0.05) is 6.07 Å². The summed E-state index contributed by atoms with van der Waals surface area (Å²) < 4.78 is 18.6. The zero-order chi connectivity index (χ0) is 12.3. The number of ether oxygens (including phenoxy) is 1. The van der Waals surface area contributed by atoms with Crippen LogP contribution in [0, 0.1) is 17.1 Å². The van der Waals surface area contributed by atoms with E-state index < -0.39 is 5.82 Å². The number of hydrogen-bond donors (Lipinski definition) is 1. The van der Waals surface area contributed by atoms with Crippen molar-refractivity contribution in [1.29, 1.82) is 5.26 Å². The van der Waals surface area contributed by atoms with Crippen molar-refractivity contribution >= 4 is 5.69 Å². The first-order valence-corrected chi connectivity index (χ1v) is 4.78. The summed E-state index contributed by atoms with van der Waals surface area (Å²) in [6.07, 6.45) is 1.41. The van der Waals surface area contributed by atoms with Gasteiger partial charge in [-0.2, -0.15) is 5.26 Å². The lowest BCUT2D eigenvalue weighted by molar-refractivity contribution is 0.430. The summed E-state index contributed by atoms with van der Waals surface area (Å²) in [5.41, 5.74) is 6.14. The number of para-hydroxylation sites is 1. The molecule has 2 aromatic rings. The molecule has 0 amide bonds. The third kappa shape index (κ3) is 2.32. The number of nitrogen functional groups attached to an aromatic ring is 1. The molecule has 5 heteroatoms. The topological polar surface area (TPSA) is 71.9 Å². The SMILES string of the molecule is N#Cc1ccnc(Oc2c(N)cccc2F)c1. The fourth-order valence-electron chi connectivity index (χ4n) is 1.27. The zero-order valence-electron chi connectivity index (χ0n) is 8.72. The van der Waals surface area contributed by atoms with Gasteiger partial charge in [-0.25, -0.2) is 9.37 Å². The van der Waals surface area contributed by atoms with Crippen LogP contribution in [0.25, 0.3) is 0 Å². The van der Waals surface area contributed by atoms with Crippen molar-refractivity contribution in [2.45, 2.75) is 0 Å². The number of nitrogens with zero attached hydrogens (tertiary/aromatic N) is 2. The van der Waals surface area contributed by atoms with Gasteiger partial charge < -0.3 is 10.5 Å². The molecule has 0 atom stereocenters. The maximum absolute atomic E-state index is 13.4. The highest BCUT2D eigenvalue weighted by Crippen LogP contribution is 2.29. The third-order valence-electron chi connectivity index (χ3n) is 2.07. The number of halogens is 1. The molecule has 0 unspecified atom stereocenters. The number of rotatable bonds is 2. The molecule has 0 saturated heterocycles. The van der Waals surface area contributed by atoms with Crippen molar-refractivity contribution in [1.82, 2.24) is 4.98 Å². The molecule has 84 valence electrons. The molecule has 2 rings (SSSR count). The Hall–Kier alpha value is -2.61. The fraction of sp³-hybridized carbons (Fsp3) is 0. The molecule has 0 bridgehead atoms. The van der Waals surface area contributed by atoms with Crippen LogP contribution in [0.15, 0.2) is 36.5 Å². The van der Waals surface area contributed by atoms with E-state index in [1.165, 1.54) is 36.5 Å². The van der Waals surface area contributed by atoms with Crippen LogP contribution in [0.4, 0.5) is 10.1 Å². The Morgan fingerprint density at radius 3 is 2.88 bits per heavy atom. The molecule has 17 heavy (non-hydrogen) atoms. The van der Waals surface area contributed by atoms with Crippen LogP contribution in [0.2, 0.25) is 0 Å². The minimum atomic E-state index is -0.575. The van der Waals surface area contributed by atoms with Crippen molar-refractivity contribution in [3.05, 3.63) is 47.9 Å². The molecule has 1 aromatic carbocycles. The highest BCUT2D eigenvalue weighted by molar-refractivity contribution is 5.54. The van der Waals surface area contributed by atoms with E-state index in [-0.39, 0.29) is 17.3 Å². The van der Waals surface area contributed by atoms with Gasteiger partial charge in [0, 0.05) is 12.3 Å². The lowest BCUT2D eigenvalue weighted by Crippen LogP contribution is -1.96. The predicted molar refractivity (Wildman–Crippen MR) is 59.8 cm³/mol. The van der Waals surface area contributed by atoms with Gasteiger partial charge >= 0.3 is 0 Å². The highest BCUT2D eigenvalue weighted by Gasteiger charge is 2.09. The van der Waals surface area contributed by atoms with Crippen molar-refractivity contribution in [3.8, 4) is 17.7 Å². The lowest BCUT2D eigenvalue weighted by atomic mass is 10.3. The van der Waals surface area contributed by atoms with E-state index in [2.05, 4.69) is 4.98 Å². The average molecular weight is 229 g/mol. The largest absolute Gasteiger partial charge is 0.434 e. The highest BCUT2D eigenvalue weighted by atomic mass is 19.1. The van der Waals surface area contributed by atoms with Crippen LogP contribution in [0.1, 0.15) is 5.56 Å². The zero-order valence-corrected chi connectivity index (χ0v) is 8.72. The van der Waals surface area contributed by atoms with Crippen molar-refractivity contribution < 1.29 is 9.13 Å². The minimum Gasteiger partial charge on any atom is -0.434 e. The molecule has 4 nitrogen and oxygen atoms in total. The van der Waals surface area contributed by atoms with Gasteiger partial charge in [0.05, 0.1) is 17.3 Å². The van der Waals surface area contributed by atoms with E-state index in [0.29, 0.717) is 5.56 Å². The van der Waals surface area contributed by atoms with E-state index in [4.69, 9.17) is 15.7 Å². The van der Waals surface area contributed by atoms with Gasteiger partial charge in [-0.05, 0) is 18.2 Å². The van der Waals surface area contributed by atoms with E-state index in [9.17, 15) is 4.39 Å². The Balaban J connectivity index is 2.35. The van der Waals surface area contributed by atoms with Gasteiger partial charge in [-0.15, -0.1) is 0 Å². The van der Waals surface area contributed by atoms with Crippen LogP contribution < -0.4 is 10.5 Å². The van der Waals surface area contributed by atoms with Crippen molar-refractivity contribution in [3.63, 3.8) is 0 Å². The quantitative estimate of drug-likeness (QED) is 0.803. The summed E-state index contributed by atoms with van der Waals surface area (Å²) in [6, 6.07) is 9.11. The molecule has 0 aliphatic heterocycles. The smallest absolute Gasteiger partial charge is 0.220 e. The van der Waals surface area contributed by atoms with E-state index in [1.807, 2.05) is 6.07 Å². The first-order valence-electron chi connectivity index (χ1n) is 4.78. The average Bonchev–Trinajstić information content (AvgIpc) is 2.34. The van der Waals surface area contributed by atoms with Gasteiger partial charge in [0.15, 0.2) is 11.6 Å². The standard InChI is InChI=1S/C12H8FN3O/c13-9-2-1-3-10(15)12(9)17-11-6-8(7-14)4-5-16-11/h1-6H,15H2. The molecule has 0 aliphatic carbocycles. The van der Waals surface area contributed by atoms with Gasteiger partial charge in [0.1, 0.15) is 0 Å². The monoisotopic (exact) mass is 229 g/mol. The van der Waals surface area contributed by atoms with Crippen molar-refractivity contribution in [2.24, 2.45) is 0 Å². The number of nitriles is 1. The molecule has 0 spiro atoms. The second-order valence-corrected chi connectivity index (χ2v) is 3.25. The number of aromatic nitrogens is 1. The summed E-state index contributed by atoms with van der Waals surface area (Å²) in [7, 11) is 0. The number of pyridine rings is 1. The van der Waals surface area contributed by atoms with Crippen molar-refractivity contribution in [2.75, 3.05) is 5.73 Å². The second kappa shape index (κ2) is 4.49. The molecule has 0 fully saturated rings. The number of nitrogens with two attached hydrogens (primary N) is 1. The molecule has 2 N–H and O–H groups in total. The molecule has 1 aromatic heterocycles. The molecular weight excluding hydrogens is 221 g/mol. The molecule has 0 radical (unpaired) electrons. The van der Waals surface area contributed by atoms with Crippen LogP contribution in [-0.2, 0) is 0 Å². The maximum Gasteiger partial charge on any atom is 0.220 e. The molecule has 0 aliphatic rings. The third-order valence-corrected chi connectivity index (χ3v) is 2.07. The first kappa shape index (κ1) is 10.9. The first-order chi connectivity index (χ1) is 8.20. The number of hydrogen-bond acceptors (Lipinski definition) is 4. The van der Waals surface area contributed by atoms with Gasteiger partial charge in [0.2, 0.25) is 5.88 Å². The number of benzene rings is 1. The Bertz CT molecular complexity index is 572. The van der Waals surface area contributed by atoms with Crippen LogP contribution in [0.5, 0.6) is 11.6 Å². The Labute approximate surface area is 97.1 Å². The molecule has 0 saturated carbocycles. The Kier molecular flexibility index (Phi) is 2.88. The lowest BCUT2D eigenvalue weighted by Gasteiger charge is -2.08. The number of anilines is 1. The maximum atomic E-state index is 13.4. The van der Waals surface area contributed by atoms with Gasteiger partial charge in [0.25, 0.3) is 0 Å². The molecular formula is C12H8FN3O. The van der Waals surface area contributed by atoms with E-state index in [1.54, 1.807) is 0 Å². The van der Waals surface area contributed by atoms with Gasteiger partial charge in [-0.3, -0.25) is 0 Å². The normalized spacial score (nSPS) is 9.65. The summed E-state index contributed by atoms with van der Waals surface area (Å²) in [5.74, 6) is -0.537. The van der Waals surface area contributed by atoms with E-state index in [0.717, 1.165) is 0 Å². The summed E-state index contributed by atoms with van der Waals surface area (Å²) in [5, 5.41) is 8.71. The summed E-state index contributed by atoms with van der Waals surface area (Å²) >= 11 is 0. The fourth-order valence-corrected chi connectivity index (χ4v) is 1.27. The summed E-state index contributed by atoms with van der Waals surface area (Å²) in [6.45, 7) is 0. The van der Waals surface area contributed by atoms with Crippen LogP contribution in [0.3, 0.4) is 0 Å². The Morgan fingerprint density at radius 1 is 1.35 bits per heavy atom. The predicted octanol–water partition coefficient (Wildman–Crippen LogP) is 2.47. The van der Waals surface area contributed by atoms with E-state index >= 15 is 0 Å². The second-order valence-electron chi connectivity index (χ2n) is 3.25. The van der Waals surface area contributed by atoms with Crippen LogP contribution >= 0.6 is 0 Å². The molecule has 1 heterocycles. The summed E-state index contributed by atoms with van der Waals surface area (Å²) in [4.78, 5) is 3.87.